The molecule has 0 aromatic rings. The zero-order valence-corrected chi connectivity index (χ0v) is 16.0. The Hall–Kier alpha value is -2.60. The molecule has 0 bridgehead atoms. The van der Waals surface area contributed by atoms with Crippen molar-refractivity contribution in [3.05, 3.63) is 0 Å². The highest BCUT2D eigenvalue weighted by atomic mass is 17.2. The van der Waals surface area contributed by atoms with E-state index in [9.17, 15) is 19.2 Å². The molecule has 0 aliphatic rings. The van der Waals surface area contributed by atoms with E-state index in [0.29, 0.717) is 25.7 Å². The Morgan fingerprint density at radius 3 is 1.29 bits per heavy atom. The second kappa shape index (κ2) is 17.8. The Morgan fingerprint density at radius 2 is 0.929 bits per heavy atom. The first kappa shape index (κ1) is 25.4. The second-order valence-electron chi connectivity index (χ2n) is 5.17. The molecule has 0 amide bonds. The number of ether oxygens (including phenoxy) is 4. The Kier molecular flexibility index (Phi) is 16.1. The number of carbonyl (C=O) groups is 4. The van der Waals surface area contributed by atoms with Gasteiger partial charge < -0.3 is 18.9 Å². The quantitative estimate of drug-likeness (QED) is 0.189. The molecule has 0 unspecified atom stereocenters. The minimum atomic E-state index is -1.11. The molecule has 0 saturated carbocycles. The van der Waals surface area contributed by atoms with E-state index in [1.54, 1.807) is 0 Å². The Bertz CT molecular complexity index is 423. The van der Waals surface area contributed by atoms with Crippen LogP contribution in [0.25, 0.3) is 0 Å². The third kappa shape index (κ3) is 16.8. The van der Waals surface area contributed by atoms with Crippen molar-refractivity contribution in [1.29, 1.82) is 0 Å². The molecule has 0 heterocycles. The largest absolute Gasteiger partial charge is 0.549 e. The van der Waals surface area contributed by atoms with Crippen molar-refractivity contribution >= 4 is 24.2 Å². The van der Waals surface area contributed by atoms with Crippen LogP contribution in [-0.2, 0) is 48.1 Å². The summed E-state index contributed by atoms with van der Waals surface area (Å²) in [5.74, 6) is -1.50. The Morgan fingerprint density at radius 1 is 0.536 bits per heavy atom. The number of carbonyl (C=O) groups excluding carboxylic acids is 4. The van der Waals surface area contributed by atoms with Crippen LogP contribution in [0.4, 0.5) is 9.59 Å². The molecule has 0 spiro atoms. The summed E-state index contributed by atoms with van der Waals surface area (Å²) in [7, 11) is 2.84. The van der Waals surface area contributed by atoms with Crippen LogP contribution < -0.4 is 0 Å². The summed E-state index contributed by atoms with van der Waals surface area (Å²) in [6, 6.07) is 0. The van der Waals surface area contributed by atoms with Crippen molar-refractivity contribution in [2.75, 3.05) is 40.6 Å². The zero-order valence-electron chi connectivity index (χ0n) is 16.0. The molecule has 0 aliphatic heterocycles. The topological polar surface area (TPSA) is 142 Å². The first-order valence-electron chi connectivity index (χ1n) is 8.55. The summed E-state index contributed by atoms with van der Waals surface area (Å²) >= 11 is 0. The molecule has 0 saturated heterocycles. The van der Waals surface area contributed by atoms with Crippen LogP contribution in [0.15, 0.2) is 0 Å². The summed E-state index contributed by atoms with van der Waals surface area (Å²) in [6.45, 7) is 0.458. The zero-order chi connectivity index (χ0) is 21.0. The molecule has 0 fully saturated rings. The second-order valence-corrected chi connectivity index (χ2v) is 5.17. The molecule has 0 atom stereocenters. The number of hydrogen-bond donors (Lipinski definition) is 0. The smallest absolute Gasteiger partial charge is 0.432 e. The lowest BCUT2D eigenvalue weighted by molar-refractivity contribution is -0.244. The molecule has 0 N–H and O–H groups in total. The predicted octanol–water partition coefficient (Wildman–Crippen LogP) is 1.84. The van der Waals surface area contributed by atoms with Crippen LogP contribution >= 0.6 is 0 Å². The van der Waals surface area contributed by atoms with Gasteiger partial charge in [0.05, 0.1) is 39.3 Å². The van der Waals surface area contributed by atoms with E-state index >= 15 is 0 Å². The maximum Gasteiger partial charge on any atom is 0.549 e. The predicted molar refractivity (Wildman–Crippen MR) is 88.5 cm³/mol. The first-order chi connectivity index (χ1) is 13.5. The van der Waals surface area contributed by atoms with Gasteiger partial charge in [0.1, 0.15) is 0 Å². The van der Waals surface area contributed by atoms with Crippen molar-refractivity contribution in [2.45, 2.75) is 38.5 Å². The van der Waals surface area contributed by atoms with E-state index in [4.69, 9.17) is 9.47 Å². The maximum atomic E-state index is 11.1. The fourth-order valence-electron chi connectivity index (χ4n) is 1.53. The van der Waals surface area contributed by atoms with Gasteiger partial charge in [0.2, 0.25) is 0 Å². The molecule has 12 heteroatoms. The Labute approximate surface area is 162 Å². The Balaban J connectivity index is 3.45. The molecule has 12 nitrogen and oxygen atoms in total. The number of methoxy groups -OCH3 is 2. The lowest BCUT2D eigenvalue weighted by atomic mass is 10.2. The summed E-state index contributed by atoms with van der Waals surface area (Å²) in [5.41, 5.74) is 0. The van der Waals surface area contributed by atoms with Gasteiger partial charge in [0.15, 0.2) is 0 Å². The summed E-state index contributed by atoms with van der Waals surface area (Å²) in [6.07, 6.45) is 0.124. The van der Waals surface area contributed by atoms with Gasteiger partial charge >= 0.3 is 24.2 Å². The van der Waals surface area contributed by atoms with Gasteiger partial charge in [-0.1, -0.05) is 0 Å². The van der Waals surface area contributed by atoms with E-state index in [1.165, 1.54) is 14.2 Å². The van der Waals surface area contributed by atoms with Crippen molar-refractivity contribution in [1.82, 2.24) is 0 Å². The van der Waals surface area contributed by atoms with Crippen molar-refractivity contribution in [2.24, 2.45) is 0 Å². The average molecular weight is 410 g/mol. The first-order valence-corrected chi connectivity index (χ1v) is 8.55. The van der Waals surface area contributed by atoms with Crippen LogP contribution in [0.1, 0.15) is 38.5 Å². The highest BCUT2D eigenvalue weighted by Crippen LogP contribution is 2.02. The third-order valence-electron chi connectivity index (χ3n) is 2.90. The van der Waals surface area contributed by atoms with Crippen LogP contribution in [0.2, 0.25) is 0 Å². The molecule has 0 rings (SSSR count). The normalized spacial score (nSPS) is 9.93. The van der Waals surface area contributed by atoms with Crippen LogP contribution in [0.5, 0.6) is 0 Å². The van der Waals surface area contributed by atoms with Crippen LogP contribution in [0, 0.1) is 0 Å². The monoisotopic (exact) mass is 410 g/mol. The fraction of sp³-hybridized carbons (Fsp3) is 0.750. The molecule has 0 aromatic heterocycles. The summed E-state index contributed by atoms with van der Waals surface area (Å²) in [4.78, 5) is 61.0. The van der Waals surface area contributed by atoms with Gasteiger partial charge in [0.25, 0.3) is 0 Å². The highest BCUT2D eigenvalue weighted by Gasteiger charge is 2.11. The fourth-order valence-corrected chi connectivity index (χ4v) is 1.53. The van der Waals surface area contributed by atoms with Gasteiger partial charge in [-0.25, -0.2) is 29.1 Å². The lowest BCUT2D eigenvalue weighted by Crippen LogP contribution is -2.14. The average Bonchev–Trinajstić information content (AvgIpc) is 2.69. The van der Waals surface area contributed by atoms with Crippen molar-refractivity contribution < 1.29 is 57.7 Å². The van der Waals surface area contributed by atoms with E-state index < -0.39 is 24.2 Å². The minimum absolute atomic E-state index is 0.0460. The molecule has 28 heavy (non-hydrogen) atoms. The van der Waals surface area contributed by atoms with Gasteiger partial charge in [0, 0.05) is 14.2 Å². The van der Waals surface area contributed by atoms with Gasteiger partial charge in [-0.05, 0) is 25.7 Å². The van der Waals surface area contributed by atoms with E-state index in [0.717, 1.165) is 0 Å². The van der Waals surface area contributed by atoms with E-state index in [2.05, 4.69) is 29.0 Å². The third-order valence-corrected chi connectivity index (χ3v) is 2.90. The van der Waals surface area contributed by atoms with Crippen LogP contribution in [-0.4, -0.2) is 64.9 Å². The number of rotatable bonds is 13. The summed E-state index contributed by atoms with van der Waals surface area (Å²) < 4.78 is 18.7. The maximum absolute atomic E-state index is 11.1. The number of hydrogen-bond acceptors (Lipinski definition) is 12. The molecule has 0 aliphatic carbocycles. The standard InChI is InChI=1S/C16H26O12/c1-21-11-7-13(17)25-27-15(19)23-9-5-3-4-6-10-24-16(20)28-26-14(18)8-12-22-2/h3-12H2,1-2H3. The van der Waals surface area contributed by atoms with E-state index in [-0.39, 0.29) is 39.3 Å². The molecule has 162 valence electrons. The van der Waals surface area contributed by atoms with Gasteiger partial charge in [-0.15, -0.1) is 0 Å². The van der Waals surface area contributed by atoms with Crippen molar-refractivity contribution in [3.63, 3.8) is 0 Å². The SMILES string of the molecule is COCCC(=O)OOC(=O)OCCCCCCOC(=O)OOC(=O)CCOC. The van der Waals surface area contributed by atoms with Crippen LogP contribution in [0.3, 0.4) is 0 Å². The molecular weight excluding hydrogens is 384 g/mol. The lowest BCUT2D eigenvalue weighted by Gasteiger charge is -2.06. The molecule has 0 aromatic carbocycles. The van der Waals surface area contributed by atoms with Gasteiger partial charge in [-0.3, -0.25) is 0 Å². The number of unbranched alkanes of at least 4 members (excludes halogenated alkanes) is 3. The van der Waals surface area contributed by atoms with Crippen molar-refractivity contribution in [3.8, 4) is 0 Å². The minimum Gasteiger partial charge on any atom is -0.432 e. The van der Waals surface area contributed by atoms with Gasteiger partial charge in [-0.2, -0.15) is 9.59 Å². The van der Waals surface area contributed by atoms with E-state index in [1.807, 2.05) is 0 Å². The molecule has 0 radical (unpaired) electrons. The summed E-state index contributed by atoms with van der Waals surface area (Å²) in [5, 5.41) is 0. The molecular formula is C16H26O12. The highest BCUT2D eigenvalue weighted by molar-refractivity contribution is 5.70.